The summed E-state index contributed by atoms with van der Waals surface area (Å²) in [5, 5.41) is 14.5. The number of aliphatic hydroxyl groups excluding tert-OH is 1. The molecule has 3 aromatic rings. The Labute approximate surface area is 178 Å². The standard InChI is InChI=1S/C22H25FN6O2/c1-13(18(30)17-3-2-14(23)10-25-17)28-21(31)16-5-9-29(11-22(16)6-7-22)20-15-4-8-24-19(15)26-12-27-20/h2-4,8,10,12-13,16,18,30H,5-7,9,11H2,1H3,(H,28,31)(H,24,26,27)/t13-,16-,18-/m1/s1. The lowest BCUT2D eigenvalue weighted by Gasteiger charge is -2.39. The number of pyridine rings is 1. The van der Waals surface area contributed by atoms with Crippen molar-refractivity contribution in [3.05, 3.63) is 48.4 Å². The summed E-state index contributed by atoms with van der Waals surface area (Å²) in [4.78, 5) is 31.2. The van der Waals surface area contributed by atoms with Gasteiger partial charge in [0.2, 0.25) is 5.91 Å². The zero-order chi connectivity index (χ0) is 21.6. The quantitative estimate of drug-likeness (QED) is 0.580. The first kappa shape index (κ1) is 19.9. The number of piperidine rings is 1. The van der Waals surface area contributed by atoms with E-state index in [0.717, 1.165) is 55.4 Å². The van der Waals surface area contributed by atoms with E-state index in [1.807, 2.05) is 12.3 Å². The Hall–Kier alpha value is -3.07. The molecule has 3 N–H and O–H groups in total. The first-order valence-electron chi connectivity index (χ1n) is 10.6. The van der Waals surface area contributed by atoms with Gasteiger partial charge in [-0.25, -0.2) is 14.4 Å². The van der Waals surface area contributed by atoms with Crippen molar-refractivity contribution >= 4 is 22.8 Å². The summed E-state index contributed by atoms with van der Waals surface area (Å²) in [5.74, 6) is 0.293. The molecular weight excluding hydrogens is 399 g/mol. The molecule has 1 aliphatic carbocycles. The van der Waals surface area contributed by atoms with Gasteiger partial charge in [0.25, 0.3) is 0 Å². The third-order valence-corrected chi connectivity index (χ3v) is 6.67. The fourth-order valence-electron chi connectivity index (χ4n) is 4.75. The van der Waals surface area contributed by atoms with Crippen molar-refractivity contribution in [3.63, 3.8) is 0 Å². The summed E-state index contributed by atoms with van der Waals surface area (Å²) >= 11 is 0. The zero-order valence-corrected chi connectivity index (χ0v) is 17.3. The molecule has 2 fully saturated rings. The second kappa shape index (κ2) is 7.56. The Bertz CT molecular complexity index is 1100. The molecule has 31 heavy (non-hydrogen) atoms. The van der Waals surface area contributed by atoms with E-state index in [0.29, 0.717) is 5.69 Å². The molecule has 8 nitrogen and oxygen atoms in total. The summed E-state index contributed by atoms with van der Waals surface area (Å²) < 4.78 is 13.1. The predicted octanol–water partition coefficient (Wildman–Crippen LogP) is 2.34. The maximum atomic E-state index is 13.1. The minimum atomic E-state index is -0.998. The lowest BCUT2D eigenvalue weighted by atomic mass is 9.81. The van der Waals surface area contributed by atoms with Gasteiger partial charge in [0.15, 0.2) is 0 Å². The zero-order valence-electron chi connectivity index (χ0n) is 17.3. The number of hydrogen-bond acceptors (Lipinski definition) is 6. The van der Waals surface area contributed by atoms with Crippen molar-refractivity contribution < 1.29 is 14.3 Å². The second-order valence-electron chi connectivity index (χ2n) is 8.71. The van der Waals surface area contributed by atoms with E-state index in [1.54, 1.807) is 13.3 Å². The second-order valence-corrected chi connectivity index (χ2v) is 8.71. The van der Waals surface area contributed by atoms with Crippen molar-refractivity contribution in [2.24, 2.45) is 11.3 Å². The van der Waals surface area contributed by atoms with Crippen LogP contribution in [0.15, 0.2) is 36.9 Å². The molecule has 1 aliphatic heterocycles. The molecule has 1 spiro atoms. The van der Waals surface area contributed by atoms with Crippen LogP contribution in [-0.2, 0) is 4.79 Å². The number of anilines is 1. The van der Waals surface area contributed by atoms with Crippen molar-refractivity contribution in [1.82, 2.24) is 25.3 Å². The van der Waals surface area contributed by atoms with E-state index in [1.165, 1.54) is 12.1 Å². The molecule has 1 amide bonds. The van der Waals surface area contributed by atoms with Gasteiger partial charge in [0, 0.05) is 25.2 Å². The highest BCUT2D eigenvalue weighted by Crippen LogP contribution is 2.56. The van der Waals surface area contributed by atoms with Crippen LogP contribution in [0.4, 0.5) is 10.2 Å². The normalized spacial score (nSPS) is 21.8. The number of aromatic amines is 1. The third-order valence-electron chi connectivity index (χ3n) is 6.67. The molecule has 0 aromatic carbocycles. The number of aliphatic hydroxyl groups is 1. The minimum Gasteiger partial charge on any atom is -0.385 e. The number of H-pyrrole nitrogens is 1. The molecule has 5 rings (SSSR count). The van der Waals surface area contributed by atoms with Gasteiger partial charge in [0.05, 0.1) is 23.3 Å². The number of amides is 1. The van der Waals surface area contributed by atoms with Crippen LogP contribution in [0, 0.1) is 17.2 Å². The van der Waals surface area contributed by atoms with E-state index in [-0.39, 0.29) is 17.2 Å². The van der Waals surface area contributed by atoms with Gasteiger partial charge in [-0.1, -0.05) is 0 Å². The van der Waals surface area contributed by atoms with Crippen molar-refractivity contribution in [2.75, 3.05) is 18.0 Å². The van der Waals surface area contributed by atoms with Gasteiger partial charge in [0.1, 0.15) is 29.7 Å². The summed E-state index contributed by atoms with van der Waals surface area (Å²) in [7, 11) is 0. The first-order chi connectivity index (χ1) is 15.0. The Kier molecular flexibility index (Phi) is 4.85. The van der Waals surface area contributed by atoms with Crippen LogP contribution >= 0.6 is 0 Å². The maximum Gasteiger partial charge on any atom is 0.224 e. The highest BCUT2D eigenvalue weighted by atomic mass is 19.1. The molecule has 3 atom stereocenters. The van der Waals surface area contributed by atoms with Gasteiger partial charge in [-0.15, -0.1) is 0 Å². The average Bonchev–Trinajstić information content (AvgIpc) is 3.34. The fourth-order valence-corrected chi connectivity index (χ4v) is 4.75. The molecule has 4 heterocycles. The number of rotatable bonds is 5. The maximum absolute atomic E-state index is 13.1. The lowest BCUT2D eigenvalue weighted by molar-refractivity contribution is -0.129. The first-order valence-corrected chi connectivity index (χ1v) is 10.6. The molecule has 9 heteroatoms. The summed E-state index contributed by atoms with van der Waals surface area (Å²) in [6, 6.07) is 4.15. The van der Waals surface area contributed by atoms with Crippen LogP contribution in [0.5, 0.6) is 0 Å². The van der Waals surface area contributed by atoms with Crippen molar-refractivity contribution in [1.29, 1.82) is 0 Å². The number of aromatic nitrogens is 4. The van der Waals surface area contributed by atoms with Crippen LogP contribution in [-0.4, -0.2) is 50.1 Å². The largest absolute Gasteiger partial charge is 0.385 e. The van der Waals surface area contributed by atoms with Crippen molar-refractivity contribution in [3.8, 4) is 0 Å². The lowest BCUT2D eigenvalue weighted by Crippen LogP contribution is -2.50. The molecule has 1 saturated heterocycles. The van der Waals surface area contributed by atoms with E-state index in [4.69, 9.17) is 0 Å². The third kappa shape index (κ3) is 3.63. The number of hydrogen-bond donors (Lipinski definition) is 3. The van der Waals surface area contributed by atoms with Gasteiger partial charge in [-0.05, 0) is 49.8 Å². The van der Waals surface area contributed by atoms with E-state index >= 15 is 0 Å². The van der Waals surface area contributed by atoms with Gasteiger partial charge in [-0.2, -0.15) is 0 Å². The summed E-state index contributed by atoms with van der Waals surface area (Å²) in [6.45, 7) is 3.25. The van der Waals surface area contributed by atoms with E-state index in [2.05, 4.69) is 30.2 Å². The number of fused-ring (bicyclic) bond motifs is 1. The van der Waals surface area contributed by atoms with Gasteiger partial charge >= 0.3 is 0 Å². The van der Waals surface area contributed by atoms with Gasteiger partial charge < -0.3 is 20.3 Å². The van der Waals surface area contributed by atoms with E-state index in [9.17, 15) is 14.3 Å². The van der Waals surface area contributed by atoms with Crippen LogP contribution < -0.4 is 10.2 Å². The minimum absolute atomic E-state index is 0.0414. The molecule has 0 unspecified atom stereocenters. The molecule has 1 saturated carbocycles. The number of carbonyl (C=O) groups is 1. The fraction of sp³-hybridized carbons (Fsp3) is 0.455. The molecule has 2 aliphatic rings. The summed E-state index contributed by atoms with van der Waals surface area (Å²) in [6.07, 6.45) is 6.22. The molecule has 0 radical (unpaired) electrons. The Morgan fingerprint density at radius 3 is 2.90 bits per heavy atom. The molecule has 3 aromatic heterocycles. The number of halogens is 1. The summed E-state index contributed by atoms with van der Waals surface area (Å²) in [5.41, 5.74) is 1.09. The number of nitrogens with one attached hydrogen (secondary N) is 2. The van der Waals surface area contributed by atoms with Gasteiger partial charge in [-0.3, -0.25) is 9.78 Å². The highest BCUT2D eigenvalue weighted by Gasteiger charge is 2.55. The highest BCUT2D eigenvalue weighted by molar-refractivity contribution is 5.87. The topological polar surface area (TPSA) is 107 Å². The van der Waals surface area contributed by atoms with Crippen LogP contribution in [0.25, 0.3) is 11.0 Å². The molecular formula is C22H25FN6O2. The van der Waals surface area contributed by atoms with Crippen LogP contribution in [0.1, 0.15) is 38.0 Å². The van der Waals surface area contributed by atoms with E-state index < -0.39 is 18.0 Å². The Balaban J connectivity index is 1.27. The number of carbonyl (C=O) groups excluding carboxylic acids is 1. The predicted molar refractivity (Wildman–Crippen MR) is 113 cm³/mol. The average molecular weight is 424 g/mol. The number of nitrogens with zero attached hydrogens (tertiary/aromatic N) is 4. The molecule has 0 bridgehead atoms. The Morgan fingerprint density at radius 1 is 1.32 bits per heavy atom. The Morgan fingerprint density at radius 2 is 2.16 bits per heavy atom. The van der Waals surface area contributed by atoms with Crippen LogP contribution in [0.3, 0.4) is 0 Å². The monoisotopic (exact) mass is 424 g/mol. The SMILES string of the molecule is C[C@@H](NC(=O)[C@H]1CCN(c2ncnc3[nH]ccc23)CC12CC2)[C@@H](O)c1ccc(F)cn1. The van der Waals surface area contributed by atoms with Crippen molar-refractivity contribution in [2.45, 2.75) is 38.3 Å². The van der Waals surface area contributed by atoms with Crippen LogP contribution in [0.2, 0.25) is 0 Å². The molecule has 162 valence electrons. The smallest absolute Gasteiger partial charge is 0.224 e.